The van der Waals surface area contributed by atoms with E-state index in [2.05, 4.69) is 17.3 Å². The van der Waals surface area contributed by atoms with Gasteiger partial charge in [-0.25, -0.2) is 0 Å². The molecular formula is C18H23N3O2. The first kappa shape index (κ1) is 15.7. The normalized spacial score (nSPS) is 21.7. The van der Waals surface area contributed by atoms with Crippen LogP contribution in [0.25, 0.3) is 0 Å². The van der Waals surface area contributed by atoms with Crippen LogP contribution in [0.4, 0.5) is 0 Å². The predicted octanol–water partition coefficient (Wildman–Crippen LogP) is 2.54. The average Bonchev–Trinajstić information content (AvgIpc) is 3.14. The maximum atomic E-state index is 12.7. The van der Waals surface area contributed by atoms with Crippen molar-refractivity contribution >= 4 is 5.91 Å². The quantitative estimate of drug-likeness (QED) is 0.925. The minimum atomic E-state index is -0.167. The Morgan fingerprint density at radius 2 is 1.96 bits per heavy atom. The molecule has 0 unspecified atom stereocenters. The van der Waals surface area contributed by atoms with E-state index in [9.17, 15) is 4.79 Å². The second-order valence-electron chi connectivity index (χ2n) is 7.22. The van der Waals surface area contributed by atoms with Crippen molar-refractivity contribution in [2.24, 2.45) is 5.73 Å². The Kier molecular flexibility index (Phi) is 3.98. The van der Waals surface area contributed by atoms with E-state index < -0.39 is 0 Å². The van der Waals surface area contributed by atoms with Gasteiger partial charge in [-0.2, -0.15) is 0 Å². The summed E-state index contributed by atoms with van der Waals surface area (Å²) in [6, 6.07) is 11.8. The first-order chi connectivity index (χ1) is 10.9. The third-order valence-corrected chi connectivity index (χ3v) is 4.35. The summed E-state index contributed by atoms with van der Waals surface area (Å²) in [4.78, 5) is 14.4. The van der Waals surface area contributed by atoms with Crippen LogP contribution in [0.1, 0.15) is 48.5 Å². The second-order valence-corrected chi connectivity index (χ2v) is 7.22. The van der Waals surface area contributed by atoms with Gasteiger partial charge in [0.1, 0.15) is 5.76 Å². The molecule has 2 N–H and O–H groups in total. The average molecular weight is 313 g/mol. The molecule has 2 heterocycles. The SMILES string of the molecule is CC(C)(C)c1cc(C(=O)N2C[C@@H](N)[C@H](c3ccccc3)C2)no1. The number of carbonyl (C=O) groups is 1. The number of likely N-dealkylation sites (tertiary alicyclic amines) is 1. The van der Waals surface area contributed by atoms with Crippen molar-refractivity contribution < 1.29 is 9.32 Å². The van der Waals surface area contributed by atoms with Gasteiger partial charge in [-0.05, 0) is 5.56 Å². The molecule has 1 aliphatic rings. The number of hydrogen-bond donors (Lipinski definition) is 1. The van der Waals surface area contributed by atoms with Gasteiger partial charge in [0.15, 0.2) is 5.69 Å². The van der Waals surface area contributed by atoms with Crippen LogP contribution < -0.4 is 5.73 Å². The minimum Gasteiger partial charge on any atom is -0.360 e. The van der Waals surface area contributed by atoms with Crippen LogP contribution in [-0.4, -0.2) is 35.1 Å². The lowest BCUT2D eigenvalue weighted by molar-refractivity contribution is 0.0778. The molecule has 1 aliphatic heterocycles. The van der Waals surface area contributed by atoms with Crippen molar-refractivity contribution in [2.75, 3.05) is 13.1 Å². The van der Waals surface area contributed by atoms with Crippen molar-refractivity contribution in [2.45, 2.75) is 38.1 Å². The number of nitrogens with zero attached hydrogens (tertiary/aromatic N) is 2. The number of hydrogen-bond acceptors (Lipinski definition) is 4. The molecule has 0 aliphatic carbocycles. The van der Waals surface area contributed by atoms with Gasteiger partial charge in [-0.15, -0.1) is 0 Å². The van der Waals surface area contributed by atoms with E-state index >= 15 is 0 Å². The molecule has 5 nitrogen and oxygen atoms in total. The molecule has 0 radical (unpaired) electrons. The van der Waals surface area contributed by atoms with E-state index in [1.165, 1.54) is 5.56 Å². The summed E-state index contributed by atoms with van der Waals surface area (Å²) in [7, 11) is 0. The first-order valence-corrected chi connectivity index (χ1v) is 7.93. The van der Waals surface area contributed by atoms with Gasteiger partial charge < -0.3 is 15.2 Å². The number of benzene rings is 1. The Bertz CT molecular complexity index is 688. The number of aromatic nitrogens is 1. The van der Waals surface area contributed by atoms with Crippen LogP contribution in [0, 0.1) is 0 Å². The summed E-state index contributed by atoms with van der Waals surface area (Å²) in [5, 5.41) is 3.94. The fraction of sp³-hybridized carbons (Fsp3) is 0.444. The zero-order valence-electron chi connectivity index (χ0n) is 13.8. The fourth-order valence-electron chi connectivity index (χ4n) is 2.94. The Morgan fingerprint density at radius 3 is 2.57 bits per heavy atom. The lowest BCUT2D eigenvalue weighted by Gasteiger charge is -2.15. The molecule has 1 saturated heterocycles. The minimum absolute atomic E-state index is 0.0599. The molecule has 1 amide bonds. The third kappa shape index (κ3) is 3.15. The molecule has 0 bridgehead atoms. The molecule has 0 spiro atoms. The Labute approximate surface area is 136 Å². The van der Waals surface area contributed by atoms with Crippen molar-refractivity contribution in [3.63, 3.8) is 0 Å². The fourth-order valence-corrected chi connectivity index (χ4v) is 2.94. The lowest BCUT2D eigenvalue weighted by Crippen LogP contribution is -2.32. The summed E-state index contributed by atoms with van der Waals surface area (Å²) in [5.41, 5.74) is 7.62. The van der Waals surface area contributed by atoms with Crippen LogP contribution in [0.15, 0.2) is 40.9 Å². The number of nitrogens with two attached hydrogens (primary N) is 1. The van der Waals surface area contributed by atoms with Gasteiger partial charge in [0.2, 0.25) is 0 Å². The molecule has 1 fully saturated rings. The van der Waals surface area contributed by atoms with Crippen LogP contribution >= 0.6 is 0 Å². The number of carbonyl (C=O) groups excluding carboxylic acids is 1. The van der Waals surface area contributed by atoms with Gasteiger partial charge in [-0.1, -0.05) is 56.3 Å². The predicted molar refractivity (Wildman–Crippen MR) is 88.3 cm³/mol. The zero-order chi connectivity index (χ0) is 16.6. The summed E-state index contributed by atoms with van der Waals surface area (Å²) in [6.45, 7) is 7.23. The van der Waals surface area contributed by atoms with Gasteiger partial charge >= 0.3 is 0 Å². The molecule has 23 heavy (non-hydrogen) atoms. The van der Waals surface area contributed by atoms with Gasteiger partial charge in [0, 0.05) is 36.5 Å². The van der Waals surface area contributed by atoms with Crippen LogP contribution in [-0.2, 0) is 5.41 Å². The molecule has 2 aromatic rings. The molecule has 1 aromatic carbocycles. The van der Waals surface area contributed by atoms with Crippen molar-refractivity contribution in [1.29, 1.82) is 0 Å². The number of rotatable bonds is 2. The molecular weight excluding hydrogens is 290 g/mol. The first-order valence-electron chi connectivity index (χ1n) is 7.93. The molecule has 5 heteroatoms. The highest BCUT2D eigenvalue weighted by Crippen LogP contribution is 2.28. The van der Waals surface area contributed by atoms with Crippen molar-refractivity contribution in [3.05, 3.63) is 53.4 Å². The largest absolute Gasteiger partial charge is 0.360 e. The molecule has 122 valence electrons. The van der Waals surface area contributed by atoms with Crippen molar-refractivity contribution in [3.8, 4) is 0 Å². The molecule has 1 aromatic heterocycles. The van der Waals surface area contributed by atoms with E-state index in [1.807, 2.05) is 39.0 Å². The van der Waals surface area contributed by atoms with Crippen molar-refractivity contribution in [1.82, 2.24) is 10.1 Å². The Morgan fingerprint density at radius 1 is 1.26 bits per heavy atom. The molecule has 2 atom stereocenters. The van der Waals surface area contributed by atoms with E-state index in [1.54, 1.807) is 11.0 Å². The van der Waals surface area contributed by atoms with Crippen LogP contribution in [0.3, 0.4) is 0 Å². The lowest BCUT2D eigenvalue weighted by atomic mass is 9.93. The van der Waals surface area contributed by atoms with Gasteiger partial charge in [-0.3, -0.25) is 4.79 Å². The third-order valence-electron chi connectivity index (χ3n) is 4.35. The highest BCUT2D eigenvalue weighted by atomic mass is 16.5. The van der Waals surface area contributed by atoms with E-state index in [4.69, 9.17) is 10.3 Å². The summed E-state index contributed by atoms with van der Waals surface area (Å²) < 4.78 is 5.32. The summed E-state index contributed by atoms with van der Waals surface area (Å²) in [5.74, 6) is 0.760. The smallest absolute Gasteiger partial charge is 0.276 e. The number of amides is 1. The monoisotopic (exact) mass is 313 g/mol. The maximum absolute atomic E-state index is 12.7. The standard InChI is InChI=1S/C18H23N3O2/c1-18(2,3)16-9-15(20-23-16)17(22)21-10-13(14(19)11-21)12-7-5-4-6-8-12/h4-9,13-14H,10-11,19H2,1-3H3/t13-,14+/m0/s1. The van der Waals surface area contributed by atoms with E-state index in [-0.39, 0.29) is 23.3 Å². The molecule has 3 rings (SSSR count). The van der Waals surface area contributed by atoms with Gasteiger partial charge in [0.05, 0.1) is 0 Å². The zero-order valence-corrected chi connectivity index (χ0v) is 13.8. The Hall–Kier alpha value is -2.14. The van der Waals surface area contributed by atoms with Crippen LogP contribution in [0.5, 0.6) is 0 Å². The summed E-state index contributed by atoms with van der Waals surface area (Å²) in [6.07, 6.45) is 0. The maximum Gasteiger partial charge on any atom is 0.276 e. The highest BCUT2D eigenvalue weighted by molar-refractivity contribution is 5.92. The molecule has 0 saturated carbocycles. The Balaban J connectivity index is 1.75. The summed E-state index contributed by atoms with van der Waals surface area (Å²) >= 11 is 0. The van der Waals surface area contributed by atoms with Gasteiger partial charge in [0.25, 0.3) is 5.91 Å². The second kappa shape index (κ2) is 5.81. The highest BCUT2D eigenvalue weighted by Gasteiger charge is 2.35. The van der Waals surface area contributed by atoms with E-state index in [0.29, 0.717) is 24.5 Å². The van der Waals surface area contributed by atoms with E-state index in [0.717, 1.165) is 0 Å². The van der Waals surface area contributed by atoms with Crippen LogP contribution in [0.2, 0.25) is 0 Å². The topological polar surface area (TPSA) is 72.4 Å².